The van der Waals surface area contributed by atoms with Crippen LogP contribution < -0.4 is 5.32 Å². The predicted octanol–water partition coefficient (Wildman–Crippen LogP) is 4.62. The van der Waals surface area contributed by atoms with E-state index in [9.17, 15) is 18.0 Å². The van der Waals surface area contributed by atoms with Crippen LogP contribution in [0.5, 0.6) is 0 Å². The van der Waals surface area contributed by atoms with Crippen molar-refractivity contribution < 1.29 is 22.4 Å². The Labute approximate surface area is 158 Å². The molecule has 1 N–H and O–H groups in total. The van der Waals surface area contributed by atoms with Crippen LogP contribution in [-0.2, 0) is 19.5 Å². The fraction of sp³-hybridized carbons (Fsp3) is 0.250. The largest absolute Gasteiger partial charge is 0.462 e. The Bertz CT molecular complexity index is 1010. The maximum absolute atomic E-state index is 13.7. The molecule has 1 amide bonds. The van der Waals surface area contributed by atoms with Crippen molar-refractivity contribution in [2.75, 3.05) is 5.32 Å². The highest BCUT2D eigenvalue weighted by Crippen LogP contribution is 2.36. The van der Waals surface area contributed by atoms with E-state index in [1.807, 2.05) is 0 Å². The van der Waals surface area contributed by atoms with Gasteiger partial charge in [0.05, 0.1) is 18.1 Å². The first-order valence-corrected chi connectivity index (χ1v) is 8.85. The first-order chi connectivity index (χ1) is 13.6. The van der Waals surface area contributed by atoms with Gasteiger partial charge in [0, 0.05) is 17.5 Å². The Balaban J connectivity index is 1.60. The SMILES string of the molecule is O=C(Nc1cnc(-c2c(CF)oc3c2CCCC3)cn1)c1c(F)cccc1F. The molecule has 0 atom stereocenters. The Morgan fingerprint density at radius 1 is 1.11 bits per heavy atom. The van der Waals surface area contributed by atoms with Gasteiger partial charge in [0.15, 0.2) is 5.82 Å². The van der Waals surface area contributed by atoms with E-state index in [0.717, 1.165) is 49.1 Å². The molecule has 1 aliphatic rings. The molecule has 2 aromatic heterocycles. The molecule has 1 aliphatic carbocycles. The van der Waals surface area contributed by atoms with Crippen molar-refractivity contribution in [2.24, 2.45) is 0 Å². The minimum atomic E-state index is -0.973. The lowest BCUT2D eigenvalue weighted by molar-refractivity contribution is 0.101. The number of anilines is 1. The number of alkyl halides is 1. The van der Waals surface area contributed by atoms with Crippen LogP contribution in [0.15, 0.2) is 35.0 Å². The molecule has 144 valence electrons. The number of carbonyl (C=O) groups excluding carboxylic acids is 1. The molecule has 4 rings (SSSR count). The van der Waals surface area contributed by atoms with Gasteiger partial charge < -0.3 is 9.73 Å². The van der Waals surface area contributed by atoms with Crippen LogP contribution >= 0.6 is 0 Å². The van der Waals surface area contributed by atoms with Crippen molar-refractivity contribution in [1.29, 1.82) is 0 Å². The molecule has 0 aliphatic heterocycles. The van der Waals surface area contributed by atoms with Gasteiger partial charge in [-0.3, -0.25) is 9.78 Å². The zero-order valence-corrected chi connectivity index (χ0v) is 14.8. The van der Waals surface area contributed by atoms with Gasteiger partial charge in [0.1, 0.15) is 35.4 Å². The summed E-state index contributed by atoms with van der Waals surface area (Å²) in [7, 11) is 0. The quantitative estimate of drug-likeness (QED) is 0.710. The zero-order chi connectivity index (χ0) is 19.7. The van der Waals surface area contributed by atoms with Gasteiger partial charge in [-0.05, 0) is 31.4 Å². The number of aryl methyl sites for hydroxylation is 1. The minimum absolute atomic E-state index is 0.0237. The molecule has 3 aromatic rings. The van der Waals surface area contributed by atoms with Crippen LogP contribution in [-0.4, -0.2) is 15.9 Å². The number of rotatable bonds is 4. The third-order valence-electron chi connectivity index (χ3n) is 4.70. The lowest BCUT2D eigenvalue weighted by Gasteiger charge is -2.11. The number of carbonyl (C=O) groups is 1. The van der Waals surface area contributed by atoms with E-state index in [0.29, 0.717) is 11.3 Å². The van der Waals surface area contributed by atoms with E-state index in [4.69, 9.17) is 4.42 Å². The number of amides is 1. The molecule has 0 spiro atoms. The van der Waals surface area contributed by atoms with Crippen molar-refractivity contribution in [3.05, 3.63) is 64.9 Å². The number of nitrogens with one attached hydrogen (secondary N) is 1. The van der Waals surface area contributed by atoms with E-state index in [2.05, 4.69) is 15.3 Å². The van der Waals surface area contributed by atoms with Gasteiger partial charge >= 0.3 is 0 Å². The van der Waals surface area contributed by atoms with E-state index in [1.165, 1.54) is 18.5 Å². The highest BCUT2D eigenvalue weighted by Gasteiger charge is 2.25. The fourth-order valence-electron chi connectivity index (χ4n) is 3.43. The van der Waals surface area contributed by atoms with Crippen LogP contribution in [0.25, 0.3) is 11.3 Å². The highest BCUT2D eigenvalue weighted by molar-refractivity contribution is 6.04. The number of halogens is 3. The Morgan fingerprint density at radius 2 is 1.86 bits per heavy atom. The lowest BCUT2D eigenvalue weighted by atomic mass is 9.93. The van der Waals surface area contributed by atoms with Gasteiger partial charge in [-0.1, -0.05) is 6.07 Å². The Hall–Kier alpha value is -3.16. The van der Waals surface area contributed by atoms with Crippen LogP contribution in [0, 0.1) is 11.6 Å². The number of hydrogen-bond donors (Lipinski definition) is 1. The summed E-state index contributed by atoms with van der Waals surface area (Å²) >= 11 is 0. The molecular weight excluding hydrogens is 371 g/mol. The first-order valence-electron chi connectivity index (χ1n) is 8.85. The molecule has 0 radical (unpaired) electrons. The Morgan fingerprint density at radius 3 is 2.54 bits per heavy atom. The van der Waals surface area contributed by atoms with Gasteiger partial charge in [0.2, 0.25) is 0 Å². The summed E-state index contributed by atoms with van der Waals surface area (Å²) in [4.78, 5) is 20.5. The van der Waals surface area contributed by atoms with Crippen molar-refractivity contribution in [3.63, 3.8) is 0 Å². The maximum atomic E-state index is 13.7. The van der Waals surface area contributed by atoms with Crippen molar-refractivity contribution in [1.82, 2.24) is 9.97 Å². The summed E-state index contributed by atoms with van der Waals surface area (Å²) in [5.74, 6) is -1.90. The van der Waals surface area contributed by atoms with E-state index >= 15 is 0 Å². The second kappa shape index (κ2) is 7.46. The standard InChI is InChI=1S/C20H16F3N3O2/c21-8-16-18(11-4-1-2-7-15(11)28-16)14-9-25-17(10-24-14)26-20(27)19-12(22)5-3-6-13(19)23/h3,5-6,9-10H,1-2,4,7-8H2,(H,25,26,27). The average Bonchev–Trinajstić information content (AvgIpc) is 3.07. The van der Waals surface area contributed by atoms with E-state index in [-0.39, 0.29) is 11.6 Å². The average molecular weight is 387 g/mol. The molecule has 28 heavy (non-hydrogen) atoms. The molecule has 0 unspecified atom stereocenters. The second-order valence-electron chi connectivity index (χ2n) is 6.48. The molecule has 0 saturated heterocycles. The number of hydrogen-bond acceptors (Lipinski definition) is 4. The molecule has 2 heterocycles. The zero-order valence-electron chi connectivity index (χ0n) is 14.8. The number of benzene rings is 1. The molecule has 0 saturated carbocycles. The lowest BCUT2D eigenvalue weighted by Crippen LogP contribution is -2.16. The monoisotopic (exact) mass is 387 g/mol. The summed E-state index contributed by atoms with van der Waals surface area (Å²) < 4.78 is 46.5. The summed E-state index contributed by atoms with van der Waals surface area (Å²) in [6, 6.07) is 3.16. The fourth-order valence-corrected chi connectivity index (χ4v) is 3.43. The van der Waals surface area contributed by atoms with Crippen molar-refractivity contribution >= 4 is 11.7 Å². The second-order valence-corrected chi connectivity index (χ2v) is 6.48. The normalized spacial score (nSPS) is 13.2. The third-order valence-corrected chi connectivity index (χ3v) is 4.70. The summed E-state index contributed by atoms with van der Waals surface area (Å²) in [5, 5.41) is 2.31. The number of nitrogens with zero attached hydrogens (tertiary/aromatic N) is 2. The number of furan rings is 1. The smallest absolute Gasteiger partial charge is 0.262 e. The molecule has 0 bridgehead atoms. The van der Waals surface area contributed by atoms with Gasteiger partial charge in [0.25, 0.3) is 5.91 Å². The Kier molecular flexibility index (Phi) is 4.85. The van der Waals surface area contributed by atoms with Crippen molar-refractivity contribution in [2.45, 2.75) is 32.4 Å². The van der Waals surface area contributed by atoms with Crippen LogP contribution in [0.4, 0.5) is 19.0 Å². The van der Waals surface area contributed by atoms with E-state index < -0.39 is 29.8 Å². The molecule has 1 aromatic carbocycles. The molecule has 8 heteroatoms. The third kappa shape index (κ3) is 3.26. The van der Waals surface area contributed by atoms with Crippen LogP contribution in [0.2, 0.25) is 0 Å². The van der Waals surface area contributed by atoms with Crippen molar-refractivity contribution in [3.8, 4) is 11.3 Å². The van der Waals surface area contributed by atoms with Crippen LogP contribution in [0.3, 0.4) is 0 Å². The minimum Gasteiger partial charge on any atom is -0.462 e. The van der Waals surface area contributed by atoms with Gasteiger partial charge in [-0.2, -0.15) is 0 Å². The first kappa shape index (κ1) is 18.2. The van der Waals surface area contributed by atoms with E-state index in [1.54, 1.807) is 0 Å². The van der Waals surface area contributed by atoms with Gasteiger partial charge in [-0.15, -0.1) is 0 Å². The van der Waals surface area contributed by atoms with Gasteiger partial charge in [-0.25, -0.2) is 18.2 Å². The topological polar surface area (TPSA) is 68.0 Å². The number of aromatic nitrogens is 2. The molecule has 0 fully saturated rings. The summed E-state index contributed by atoms with van der Waals surface area (Å²) in [6.45, 7) is -0.755. The van der Waals surface area contributed by atoms with Crippen LogP contribution in [0.1, 0.15) is 40.3 Å². The summed E-state index contributed by atoms with van der Waals surface area (Å²) in [6.07, 6.45) is 6.16. The molecular formula is C20H16F3N3O2. The maximum Gasteiger partial charge on any atom is 0.262 e. The molecule has 5 nitrogen and oxygen atoms in total. The number of fused-ring (bicyclic) bond motifs is 1. The predicted molar refractivity (Wildman–Crippen MR) is 95.5 cm³/mol. The highest BCUT2D eigenvalue weighted by atomic mass is 19.1. The summed E-state index contributed by atoms with van der Waals surface area (Å²) in [5.41, 5.74) is 1.27.